The molecule has 0 aliphatic heterocycles. The molecule has 1 atom stereocenters. The third-order valence-electron chi connectivity index (χ3n) is 2.74. The van der Waals surface area contributed by atoms with Crippen LogP contribution in [0.25, 0.3) is 11.3 Å². The molecule has 108 valence electrons. The number of hydrogen-bond acceptors (Lipinski definition) is 5. The molecule has 0 spiro atoms. The van der Waals surface area contributed by atoms with Gasteiger partial charge in [-0.1, -0.05) is 0 Å². The van der Waals surface area contributed by atoms with E-state index in [4.69, 9.17) is 9.47 Å². The standard InChI is InChI=1S/C14H17BrN2O2S/c1-9(7-18-2)16-14-17-12(8-20-14)10-4-5-13(19-3)11(15)6-10/h4-6,8-9H,7H2,1-3H3,(H,16,17)/t9-/m0/s1. The number of anilines is 1. The predicted molar refractivity (Wildman–Crippen MR) is 86.8 cm³/mol. The molecular formula is C14H17BrN2O2S. The Labute approximate surface area is 131 Å². The summed E-state index contributed by atoms with van der Waals surface area (Å²) < 4.78 is 11.3. The van der Waals surface area contributed by atoms with E-state index in [-0.39, 0.29) is 6.04 Å². The van der Waals surface area contributed by atoms with Crippen molar-refractivity contribution in [2.24, 2.45) is 0 Å². The first kappa shape index (κ1) is 15.3. The largest absolute Gasteiger partial charge is 0.496 e. The van der Waals surface area contributed by atoms with Crippen LogP contribution in [-0.4, -0.2) is 31.9 Å². The summed E-state index contributed by atoms with van der Waals surface area (Å²) in [5, 5.41) is 6.25. The molecule has 0 radical (unpaired) electrons. The average molecular weight is 357 g/mol. The molecule has 0 saturated carbocycles. The number of aromatic nitrogens is 1. The molecule has 20 heavy (non-hydrogen) atoms. The van der Waals surface area contributed by atoms with Gasteiger partial charge in [-0.05, 0) is 41.1 Å². The minimum atomic E-state index is 0.238. The van der Waals surface area contributed by atoms with E-state index in [9.17, 15) is 0 Å². The molecule has 6 heteroatoms. The smallest absolute Gasteiger partial charge is 0.183 e. The molecule has 0 fully saturated rings. The lowest BCUT2D eigenvalue weighted by molar-refractivity contribution is 0.190. The Bertz CT molecular complexity index is 574. The predicted octanol–water partition coefficient (Wildman–Crippen LogP) is 4.03. The fraction of sp³-hybridized carbons (Fsp3) is 0.357. The summed E-state index contributed by atoms with van der Waals surface area (Å²) in [6, 6.07) is 6.18. The van der Waals surface area contributed by atoms with Crippen molar-refractivity contribution in [3.05, 3.63) is 28.1 Å². The summed E-state index contributed by atoms with van der Waals surface area (Å²) in [7, 11) is 3.35. The molecule has 1 heterocycles. The van der Waals surface area contributed by atoms with Gasteiger partial charge in [0.25, 0.3) is 0 Å². The third-order valence-corrected chi connectivity index (χ3v) is 4.13. The second-order valence-electron chi connectivity index (χ2n) is 4.39. The molecule has 1 N–H and O–H groups in total. The van der Waals surface area contributed by atoms with Crippen LogP contribution in [0.1, 0.15) is 6.92 Å². The minimum absolute atomic E-state index is 0.238. The van der Waals surface area contributed by atoms with Gasteiger partial charge < -0.3 is 14.8 Å². The highest BCUT2D eigenvalue weighted by Crippen LogP contribution is 2.32. The van der Waals surface area contributed by atoms with Gasteiger partial charge in [0.1, 0.15) is 5.75 Å². The van der Waals surface area contributed by atoms with Crippen molar-refractivity contribution in [2.45, 2.75) is 13.0 Å². The number of thiazole rings is 1. The van der Waals surface area contributed by atoms with Crippen LogP contribution in [0, 0.1) is 0 Å². The number of ether oxygens (including phenoxy) is 2. The maximum Gasteiger partial charge on any atom is 0.183 e. The van der Waals surface area contributed by atoms with Crippen molar-refractivity contribution < 1.29 is 9.47 Å². The first-order valence-electron chi connectivity index (χ1n) is 6.19. The Morgan fingerprint density at radius 1 is 1.40 bits per heavy atom. The molecule has 0 aliphatic carbocycles. The Morgan fingerprint density at radius 3 is 2.85 bits per heavy atom. The van der Waals surface area contributed by atoms with Crippen molar-refractivity contribution in [2.75, 3.05) is 26.1 Å². The lowest BCUT2D eigenvalue weighted by atomic mass is 10.2. The van der Waals surface area contributed by atoms with E-state index >= 15 is 0 Å². The van der Waals surface area contributed by atoms with Gasteiger partial charge in [0.15, 0.2) is 5.13 Å². The minimum Gasteiger partial charge on any atom is -0.496 e. The zero-order chi connectivity index (χ0) is 14.5. The molecule has 0 saturated heterocycles. The maximum absolute atomic E-state index is 5.23. The number of hydrogen-bond donors (Lipinski definition) is 1. The van der Waals surface area contributed by atoms with Crippen LogP contribution < -0.4 is 10.1 Å². The van der Waals surface area contributed by atoms with E-state index in [0.717, 1.165) is 26.6 Å². The molecule has 0 bridgehead atoms. The fourth-order valence-corrected chi connectivity index (χ4v) is 3.17. The molecule has 2 aromatic rings. The van der Waals surface area contributed by atoms with E-state index in [0.29, 0.717) is 6.61 Å². The summed E-state index contributed by atoms with van der Waals surface area (Å²) in [5.41, 5.74) is 2.01. The van der Waals surface area contributed by atoms with E-state index in [1.807, 2.05) is 23.6 Å². The zero-order valence-corrected chi connectivity index (χ0v) is 14.0. The van der Waals surface area contributed by atoms with E-state index in [2.05, 4.69) is 33.2 Å². The number of rotatable bonds is 6. The lowest BCUT2D eigenvalue weighted by Gasteiger charge is -2.10. The molecule has 2 rings (SSSR count). The van der Waals surface area contributed by atoms with Crippen LogP contribution in [0.5, 0.6) is 5.75 Å². The number of nitrogens with zero attached hydrogens (tertiary/aromatic N) is 1. The number of nitrogens with one attached hydrogen (secondary N) is 1. The van der Waals surface area contributed by atoms with E-state index in [1.54, 1.807) is 25.6 Å². The maximum atomic E-state index is 5.23. The number of benzene rings is 1. The second kappa shape index (κ2) is 7.06. The first-order chi connectivity index (χ1) is 9.63. The Hall–Kier alpha value is -1.11. The molecule has 4 nitrogen and oxygen atoms in total. The van der Waals surface area contributed by atoms with E-state index in [1.165, 1.54) is 0 Å². The monoisotopic (exact) mass is 356 g/mol. The van der Waals surface area contributed by atoms with Crippen LogP contribution in [0.2, 0.25) is 0 Å². The molecule has 1 aromatic heterocycles. The Kier molecular flexibility index (Phi) is 5.39. The van der Waals surface area contributed by atoms with Crippen LogP contribution in [0.3, 0.4) is 0 Å². The van der Waals surface area contributed by atoms with Crippen molar-refractivity contribution in [3.63, 3.8) is 0 Å². The van der Waals surface area contributed by atoms with Gasteiger partial charge >= 0.3 is 0 Å². The highest BCUT2D eigenvalue weighted by Gasteiger charge is 2.09. The van der Waals surface area contributed by atoms with Gasteiger partial charge in [-0.3, -0.25) is 0 Å². The van der Waals surface area contributed by atoms with Gasteiger partial charge in [-0.25, -0.2) is 4.98 Å². The average Bonchev–Trinajstić information content (AvgIpc) is 2.87. The van der Waals surface area contributed by atoms with Crippen molar-refractivity contribution >= 4 is 32.4 Å². The van der Waals surface area contributed by atoms with Crippen LogP contribution in [0.4, 0.5) is 5.13 Å². The fourth-order valence-electron chi connectivity index (χ4n) is 1.80. The SMILES string of the molecule is COC[C@H](C)Nc1nc(-c2ccc(OC)c(Br)c2)cs1. The van der Waals surface area contributed by atoms with Crippen LogP contribution in [0.15, 0.2) is 28.1 Å². The second-order valence-corrected chi connectivity index (χ2v) is 6.10. The Morgan fingerprint density at radius 2 is 2.20 bits per heavy atom. The Balaban J connectivity index is 2.14. The number of halogens is 1. The zero-order valence-electron chi connectivity index (χ0n) is 11.6. The first-order valence-corrected chi connectivity index (χ1v) is 7.86. The highest BCUT2D eigenvalue weighted by atomic mass is 79.9. The van der Waals surface area contributed by atoms with Gasteiger partial charge in [0.05, 0.1) is 23.9 Å². The van der Waals surface area contributed by atoms with Gasteiger partial charge in [0, 0.05) is 24.1 Å². The normalized spacial score (nSPS) is 12.2. The van der Waals surface area contributed by atoms with Crippen LogP contribution in [-0.2, 0) is 4.74 Å². The third kappa shape index (κ3) is 3.71. The van der Waals surface area contributed by atoms with E-state index < -0.39 is 0 Å². The van der Waals surface area contributed by atoms with Crippen molar-refractivity contribution in [3.8, 4) is 17.0 Å². The summed E-state index contributed by atoms with van der Waals surface area (Å²) in [6.45, 7) is 2.72. The molecule has 0 amide bonds. The molecule has 0 aliphatic rings. The van der Waals surface area contributed by atoms with Crippen molar-refractivity contribution in [1.82, 2.24) is 4.98 Å². The molecule has 0 unspecified atom stereocenters. The van der Waals surface area contributed by atoms with Gasteiger partial charge in [-0.15, -0.1) is 11.3 Å². The quantitative estimate of drug-likeness (QED) is 0.848. The molecule has 1 aromatic carbocycles. The summed E-state index contributed by atoms with van der Waals surface area (Å²) >= 11 is 5.08. The van der Waals surface area contributed by atoms with Gasteiger partial charge in [-0.2, -0.15) is 0 Å². The lowest BCUT2D eigenvalue weighted by Crippen LogP contribution is -2.20. The molecular weight excluding hydrogens is 340 g/mol. The summed E-state index contributed by atoms with van der Waals surface area (Å²) in [5.74, 6) is 0.816. The summed E-state index contributed by atoms with van der Waals surface area (Å²) in [6.07, 6.45) is 0. The van der Waals surface area contributed by atoms with Crippen molar-refractivity contribution in [1.29, 1.82) is 0 Å². The topological polar surface area (TPSA) is 43.4 Å². The highest BCUT2D eigenvalue weighted by molar-refractivity contribution is 9.10. The van der Waals surface area contributed by atoms with Crippen LogP contribution >= 0.6 is 27.3 Å². The van der Waals surface area contributed by atoms with Gasteiger partial charge in [0.2, 0.25) is 0 Å². The summed E-state index contributed by atoms with van der Waals surface area (Å²) in [4.78, 5) is 4.59. The number of methoxy groups -OCH3 is 2.